The second kappa shape index (κ2) is 10.4. The number of rotatable bonds is 7. The van der Waals surface area contributed by atoms with Gasteiger partial charge in [-0.25, -0.2) is 14.4 Å². The molecule has 0 saturated carbocycles. The van der Waals surface area contributed by atoms with E-state index in [1.54, 1.807) is 30.1 Å². The molecule has 0 aliphatic carbocycles. The Morgan fingerprint density at radius 1 is 1.37 bits per heavy atom. The first kappa shape index (κ1) is 24.0. The molecule has 12 nitrogen and oxygen atoms in total. The van der Waals surface area contributed by atoms with Gasteiger partial charge in [-0.2, -0.15) is 15.3 Å². The number of aliphatic hydroxyl groups is 2. The Morgan fingerprint density at radius 2 is 2.20 bits per heavy atom. The van der Waals surface area contributed by atoms with Crippen molar-refractivity contribution in [3.05, 3.63) is 42.0 Å². The number of aromatic nitrogens is 5. The number of nitrogens with one attached hydrogen (secondary N) is 1. The van der Waals surface area contributed by atoms with E-state index in [0.29, 0.717) is 22.8 Å². The molecular formula is C22H23FN8O4. The van der Waals surface area contributed by atoms with Crippen LogP contribution in [0.4, 0.5) is 16.0 Å². The number of nitrogens with zero attached hydrogens (tertiary/aromatic N) is 7. The van der Waals surface area contributed by atoms with Crippen molar-refractivity contribution in [3.8, 4) is 23.2 Å². The molecule has 13 heteroatoms. The molecule has 1 amide bonds. The van der Waals surface area contributed by atoms with Crippen LogP contribution in [0.1, 0.15) is 17.7 Å². The lowest BCUT2D eigenvalue weighted by molar-refractivity contribution is -0.138. The minimum Gasteiger partial charge on any atom is -0.486 e. The molecule has 1 fully saturated rings. The number of nitriles is 1. The number of hydrogen-bond acceptors (Lipinski definition) is 10. The van der Waals surface area contributed by atoms with Gasteiger partial charge in [0.2, 0.25) is 11.9 Å². The highest BCUT2D eigenvalue weighted by molar-refractivity contribution is 5.77. The fourth-order valence-corrected chi connectivity index (χ4v) is 3.74. The van der Waals surface area contributed by atoms with Gasteiger partial charge in [0.1, 0.15) is 36.6 Å². The van der Waals surface area contributed by atoms with Crippen LogP contribution in [0, 0.1) is 11.3 Å². The third-order valence-corrected chi connectivity index (χ3v) is 5.48. The molecule has 3 aromatic rings. The lowest BCUT2D eigenvalue weighted by atomic mass is 10.0. The van der Waals surface area contributed by atoms with Crippen LogP contribution in [0.15, 0.2) is 30.7 Å². The Hall–Kier alpha value is -4.15. The zero-order valence-electron chi connectivity index (χ0n) is 18.8. The minimum absolute atomic E-state index is 0.174. The Bertz CT molecular complexity index is 1260. The zero-order valence-corrected chi connectivity index (χ0v) is 18.8. The number of ether oxygens (including phenoxy) is 1. The molecule has 1 aliphatic heterocycles. The van der Waals surface area contributed by atoms with E-state index in [9.17, 15) is 19.6 Å². The standard InChI is InChI=1S/C22H23FN8O4/c1-30-9-16(17(10-32)29-30)27-22-26-12-25-21(28-22)13-2-3-18(14(6-13)7-24)35-19-4-5-31(8-15(19)23)20(34)11-33/h2-3,6,9,12,15,19,32-33H,4-5,8,10-11H2,1H3,(H,25,26,27,28)/t15?,19-/m0/s1. The molecule has 0 bridgehead atoms. The van der Waals surface area contributed by atoms with Crippen LogP contribution < -0.4 is 10.1 Å². The van der Waals surface area contributed by atoms with E-state index >= 15 is 0 Å². The average molecular weight is 482 g/mol. The highest BCUT2D eigenvalue weighted by Gasteiger charge is 2.33. The molecule has 3 N–H and O–H groups in total. The third kappa shape index (κ3) is 5.34. The SMILES string of the molecule is Cn1cc(Nc2ncnc(-c3ccc(O[C@H]4CCN(C(=O)CO)CC4F)c(C#N)c3)n2)c(CO)n1. The number of aliphatic hydroxyl groups excluding tert-OH is 2. The van der Waals surface area contributed by atoms with Crippen molar-refractivity contribution in [1.82, 2.24) is 29.6 Å². The van der Waals surface area contributed by atoms with E-state index in [1.165, 1.54) is 17.3 Å². The van der Waals surface area contributed by atoms with Gasteiger partial charge >= 0.3 is 0 Å². The molecule has 182 valence electrons. The maximum Gasteiger partial charge on any atom is 0.248 e. The van der Waals surface area contributed by atoms with Crippen LogP contribution in [0.2, 0.25) is 0 Å². The molecule has 1 aromatic carbocycles. The van der Waals surface area contributed by atoms with Gasteiger partial charge in [0.05, 0.1) is 24.4 Å². The van der Waals surface area contributed by atoms with Crippen molar-refractivity contribution in [2.75, 3.05) is 25.0 Å². The number of hydrogen-bond donors (Lipinski definition) is 3. The van der Waals surface area contributed by atoms with Crippen LogP contribution >= 0.6 is 0 Å². The predicted octanol–water partition coefficient (Wildman–Crippen LogP) is 0.690. The van der Waals surface area contributed by atoms with Gasteiger partial charge in [0.25, 0.3) is 0 Å². The summed E-state index contributed by atoms with van der Waals surface area (Å²) in [6.07, 6.45) is 0.928. The topological polar surface area (TPSA) is 162 Å². The number of likely N-dealkylation sites (tertiary alicyclic amines) is 1. The van der Waals surface area contributed by atoms with E-state index in [2.05, 4.69) is 25.4 Å². The average Bonchev–Trinajstić information content (AvgIpc) is 3.23. The molecular weight excluding hydrogens is 459 g/mol. The quantitative estimate of drug-likeness (QED) is 0.437. The lowest BCUT2D eigenvalue weighted by Crippen LogP contribution is -2.50. The van der Waals surface area contributed by atoms with Crippen molar-refractivity contribution in [2.24, 2.45) is 7.05 Å². The van der Waals surface area contributed by atoms with Crippen LogP contribution in [0.5, 0.6) is 5.75 Å². The number of alkyl halides is 1. The summed E-state index contributed by atoms with van der Waals surface area (Å²) in [5, 5.41) is 35.2. The lowest BCUT2D eigenvalue weighted by Gasteiger charge is -2.34. The Morgan fingerprint density at radius 3 is 2.91 bits per heavy atom. The van der Waals surface area contributed by atoms with Gasteiger partial charge in [-0.3, -0.25) is 9.48 Å². The van der Waals surface area contributed by atoms with Crippen molar-refractivity contribution in [2.45, 2.75) is 25.3 Å². The zero-order chi connectivity index (χ0) is 24.9. The van der Waals surface area contributed by atoms with Crippen molar-refractivity contribution in [1.29, 1.82) is 5.26 Å². The van der Waals surface area contributed by atoms with Crippen LogP contribution in [-0.2, 0) is 18.4 Å². The van der Waals surface area contributed by atoms with Gasteiger partial charge in [-0.1, -0.05) is 0 Å². The molecule has 3 heterocycles. The van der Waals surface area contributed by atoms with Gasteiger partial charge in [-0.05, 0) is 18.2 Å². The fraction of sp³-hybridized carbons (Fsp3) is 0.364. The minimum atomic E-state index is -1.46. The molecule has 2 aromatic heterocycles. The summed E-state index contributed by atoms with van der Waals surface area (Å²) >= 11 is 0. The summed E-state index contributed by atoms with van der Waals surface area (Å²) in [5.41, 5.74) is 1.67. The Balaban J connectivity index is 1.50. The maximum absolute atomic E-state index is 14.6. The summed E-state index contributed by atoms with van der Waals surface area (Å²) in [5.74, 6) is 0.192. The number of benzene rings is 1. The first-order valence-electron chi connectivity index (χ1n) is 10.7. The van der Waals surface area contributed by atoms with E-state index in [-0.39, 0.29) is 43.4 Å². The monoisotopic (exact) mass is 482 g/mol. The van der Waals surface area contributed by atoms with E-state index in [0.717, 1.165) is 0 Å². The summed E-state index contributed by atoms with van der Waals surface area (Å²) in [7, 11) is 1.72. The molecule has 35 heavy (non-hydrogen) atoms. The smallest absolute Gasteiger partial charge is 0.248 e. The summed E-state index contributed by atoms with van der Waals surface area (Å²) in [4.78, 5) is 25.5. The predicted molar refractivity (Wildman–Crippen MR) is 120 cm³/mol. The second-order valence-corrected chi connectivity index (χ2v) is 7.86. The Kier molecular flexibility index (Phi) is 7.14. The third-order valence-electron chi connectivity index (χ3n) is 5.48. The molecule has 2 atom stereocenters. The van der Waals surface area contributed by atoms with Gasteiger partial charge in [0.15, 0.2) is 12.0 Å². The number of carbonyl (C=O) groups is 1. The van der Waals surface area contributed by atoms with Crippen LogP contribution in [0.25, 0.3) is 11.4 Å². The highest BCUT2D eigenvalue weighted by atomic mass is 19.1. The molecule has 0 radical (unpaired) electrons. The number of carbonyl (C=O) groups excluding carboxylic acids is 1. The van der Waals surface area contributed by atoms with Crippen molar-refractivity contribution in [3.63, 3.8) is 0 Å². The fourth-order valence-electron chi connectivity index (χ4n) is 3.74. The largest absolute Gasteiger partial charge is 0.486 e. The van der Waals surface area contributed by atoms with Gasteiger partial charge in [0, 0.05) is 31.8 Å². The number of anilines is 2. The summed E-state index contributed by atoms with van der Waals surface area (Å²) < 4.78 is 21.9. The van der Waals surface area contributed by atoms with Crippen molar-refractivity contribution >= 4 is 17.5 Å². The summed E-state index contributed by atoms with van der Waals surface area (Å²) in [6, 6.07) is 6.78. The van der Waals surface area contributed by atoms with Crippen LogP contribution in [0.3, 0.4) is 0 Å². The maximum atomic E-state index is 14.6. The van der Waals surface area contributed by atoms with Crippen molar-refractivity contribution < 1.29 is 24.1 Å². The van der Waals surface area contributed by atoms with E-state index < -0.39 is 24.8 Å². The van der Waals surface area contributed by atoms with Gasteiger partial charge in [-0.15, -0.1) is 0 Å². The number of piperidine rings is 1. The van der Waals surface area contributed by atoms with E-state index in [4.69, 9.17) is 9.84 Å². The van der Waals surface area contributed by atoms with Crippen LogP contribution in [-0.4, -0.2) is 77.7 Å². The molecule has 1 aliphatic rings. The normalized spacial score (nSPS) is 17.6. The van der Waals surface area contributed by atoms with E-state index in [1.807, 2.05) is 6.07 Å². The first-order chi connectivity index (χ1) is 16.9. The Labute approximate surface area is 199 Å². The molecule has 1 saturated heterocycles. The highest BCUT2D eigenvalue weighted by Crippen LogP contribution is 2.28. The van der Waals surface area contributed by atoms with Gasteiger partial charge < -0.3 is 25.2 Å². The second-order valence-electron chi connectivity index (χ2n) is 7.86. The first-order valence-corrected chi connectivity index (χ1v) is 10.7. The number of amides is 1. The summed E-state index contributed by atoms with van der Waals surface area (Å²) in [6.45, 7) is -0.859. The molecule has 1 unspecified atom stereocenters. The molecule has 0 spiro atoms. The number of halogens is 1. The molecule has 4 rings (SSSR count). The number of aryl methyl sites for hydroxylation is 1.